The summed E-state index contributed by atoms with van der Waals surface area (Å²) in [7, 11) is 1.70. The summed E-state index contributed by atoms with van der Waals surface area (Å²) in [6, 6.07) is 8.01. The van der Waals surface area contributed by atoms with Crippen LogP contribution in [0.2, 0.25) is 0 Å². The van der Waals surface area contributed by atoms with Gasteiger partial charge in [-0.3, -0.25) is 19.3 Å². The third-order valence-electron chi connectivity index (χ3n) is 4.90. The minimum absolute atomic E-state index is 0.163. The fraction of sp³-hybridized carbons (Fsp3) is 0.421. The Hall–Kier alpha value is -2.08. The van der Waals surface area contributed by atoms with Crippen molar-refractivity contribution < 1.29 is 14.4 Å². The Morgan fingerprint density at radius 1 is 1.12 bits per heavy atom. The molecule has 1 aliphatic carbocycles. The summed E-state index contributed by atoms with van der Waals surface area (Å²) in [5.74, 6) is -1.19. The van der Waals surface area contributed by atoms with Crippen LogP contribution in [0.1, 0.15) is 18.4 Å². The summed E-state index contributed by atoms with van der Waals surface area (Å²) in [4.78, 5) is 41.2. The van der Waals surface area contributed by atoms with Crippen LogP contribution in [0.15, 0.2) is 41.3 Å². The van der Waals surface area contributed by atoms with E-state index in [0.717, 1.165) is 10.5 Å². The number of nitrogens with zero attached hydrogens (tertiary/aromatic N) is 2. The molecule has 0 N–H and O–H groups in total. The first kappa shape index (κ1) is 17.7. The molecule has 1 aliphatic heterocycles. The van der Waals surface area contributed by atoms with Crippen molar-refractivity contribution in [3.63, 3.8) is 0 Å². The first-order chi connectivity index (χ1) is 12.0. The van der Waals surface area contributed by atoms with E-state index < -0.39 is 0 Å². The number of imide groups is 1. The van der Waals surface area contributed by atoms with E-state index in [4.69, 9.17) is 0 Å². The molecule has 0 saturated carbocycles. The van der Waals surface area contributed by atoms with E-state index in [9.17, 15) is 14.4 Å². The molecule has 3 amide bonds. The molecule has 0 spiro atoms. The number of hydrogen-bond acceptors (Lipinski definition) is 4. The highest BCUT2D eigenvalue weighted by Crippen LogP contribution is 2.34. The van der Waals surface area contributed by atoms with Crippen LogP contribution in [0.3, 0.4) is 0 Å². The molecular weight excluding hydrogens is 336 g/mol. The molecule has 25 heavy (non-hydrogen) atoms. The van der Waals surface area contributed by atoms with Gasteiger partial charge >= 0.3 is 0 Å². The quantitative estimate of drug-likeness (QED) is 0.460. The third kappa shape index (κ3) is 3.63. The van der Waals surface area contributed by atoms with Gasteiger partial charge in [0.1, 0.15) is 6.54 Å². The van der Waals surface area contributed by atoms with E-state index in [2.05, 4.69) is 0 Å². The summed E-state index contributed by atoms with van der Waals surface area (Å²) >= 11 is 1.67. The van der Waals surface area contributed by atoms with Crippen LogP contribution in [0, 0.1) is 11.8 Å². The lowest BCUT2D eigenvalue weighted by Gasteiger charge is -2.21. The van der Waals surface area contributed by atoms with Crippen molar-refractivity contribution in [1.29, 1.82) is 0 Å². The second kappa shape index (κ2) is 7.44. The van der Waals surface area contributed by atoms with Crippen molar-refractivity contribution in [3.05, 3.63) is 42.0 Å². The van der Waals surface area contributed by atoms with Crippen molar-refractivity contribution >= 4 is 29.5 Å². The Labute approximate surface area is 152 Å². The lowest BCUT2D eigenvalue weighted by molar-refractivity contribution is -0.146. The number of benzene rings is 1. The monoisotopic (exact) mass is 358 g/mol. The minimum Gasteiger partial charge on any atom is -0.340 e. The molecular formula is C19H22N2O3S. The predicted molar refractivity (Wildman–Crippen MR) is 96.8 cm³/mol. The van der Waals surface area contributed by atoms with Crippen LogP contribution in [0.25, 0.3) is 0 Å². The molecule has 0 aromatic heterocycles. The number of allylic oxidation sites excluding steroid dienone is 2. The van der Waals surface area contributed by atoms with Crippen molar-refractivity contribution in [2.45, 2.75) is 24.3 Å². The average Bonchev–Trinajstić information content (AvgIpc) is 2.87. The number of rotatable bonds is 5. The number of hydrogen-bond donors (Lipinski definition) is 0. The van der Waals surface area contributed by atoms with E-state index in [1.54, 1.807) is 23.7 Å². The van der Waals surface area contributed by atoms with E-state index in [1.165, 1.54) is 4.90 Å². The molecule has 132 valence electrons. The van der Waals surface area contributed by atoms with Crippen molar-refractivity contribution in [2.24, 2.45) is 11.8 Å². The van der Waals surface area contributed by atoms with Crippen LogP contribution < -0.4 is 0 Å². The second-order valence-corrected chi connectivity index (χ2v) is 7.40. The van der Waals surface area contributed by atoms with Gasteiger partial charge in [0.05, 0.1) is 11.8 Å². The first-order valence-electron chi connectivity index (χ1n) is 8.38. The maximum absolute atomic E-state index is 12.5. The van der Waals surface area contributed by atoms with Gasteiger partial charge in [-0.15, -0.1) is 11.8 Å². The topological polar surface area (TPSA) is 57.7 Å². The summed E-state index contributed by atoms with van der Waals surface area (Å²) in [5, 5.41) is 0. The molecule has 6 heteroatoms. The highest BCUT2D eigenvalue weighted by Gasteiger charge is 2.47. The van der Waals surface area contributed by atoms with E-state index in [-0.39, 0.29) is 36.1 Å². The Bertz CT molecular complexity index is 688. The zero-order valence-electron chi connectivity index (χ0n) is 14.5. The number of amides is 3. The van der Waals surface area contributed by atoms with Gasteiger partial charge in [-0.25, -0.2) is 0 Å². The highest BCUT2D eigenvalue weighted by molar-refractivity contribution is 7.98. The molecule has 1 saturated heterocycles. The molecule has 0 unspecified atom stereocenters. The fourth-order valence-electron chi connectivity index (χ4n) is 3.37. The van der Waals surface area contributed by atoms with E-state index >= 15 is 0 Å². The van der Waals surface area contributed by atoms with Crippen molar-refractivity contribution in [1.82, 2.24) is 9.80 Å². The minimum atomic E-state index is -0.283. The normalized spacial score (nSPS) is 22.2. The van der Waals surface area contributed by atoms with Gasteiger partial charge in [0.25, 0.3) is 0 Å². The van der Waals surface area contributed by atoms with Gasteiger partial charge in [0.2, 0.25) is 17.7 Å². The number of thioether (sulfide) groups is 1. The van der Waals surface area contributed by atoms with Gasteiger partial charge in [0, 0.05) is 18.5 Å². The molecule has 2 aliphatic rings. The summed E-state index contributed by atoms with van der Waals surface area (Å²) < 4.78 is 0. The molecule has 5 nitrogen and oxygen atoms in total. The van der Waals surface area contributed by atoms with Gasteiger partial charge in [-0.05, 0) is 36.8 Å². The zero-order chi connectivity index (χ0) is 18.0. The van der Waals surface area contributed by atoms with Crippen LogP contribution in [-0.4, -0.2) is 47.4 Å². The van der Waals surface area contributed by atoms with Gasteiger partial charge in [-0.1, -0.05) is 24.3 Å². The van der Waals surface area contributed by atoms with E-state index in [1.807, 2.05) is 42.7 Å². The first-order valence-corrected chi connectivity index (χ1v) is 9.61. The maximum atomic E-state index is 12.5. The number of likely N-dealkylation sites (N-methyl/N-ethyl adjacent to an activating group) is 1. The highest BCUT2D eigenvalue weighted by atomic mass is 32.2. The molecule has 1 aromatic carbocycles. The molecule has 0 bridgehead atoms. The Morgan fingerprint density at radius 2 is 1.68 bits per heavy atom. The molecule has 3 rings (SSSR count). The smallest absolute Gasteiger partial charge is 0.242 e. The van der Waals surface area contributed by atoms with Crippen LogP contribution >= 0.6 is 11.8 Å². The number of fused-ring (bicyclic) bond motifs is 1. The Morgan fingerprint density at radius 3 is 2.20 bits per heavy atom. The number of carbonyl (C=O) groups excluding carboxylic acids is 3. The molecule has 1 heterocycles. The average molecular weight is 358 g/mol. The molecule has 0 radical (unpaired) electrons. The van der Waals surface area contributed by atoms with Crippen molar-refractivity contribution in [3.8, 4) is 0 Å². The number of likely N-dealkylation sites (tertiary alicyclic amines) is 1. The van der Waals surface area contributed by atoms with Crippen LogP contribution in [0.5, 0.6) is 0 Å². The molecule has 2 atom stereocenters. The SMILES string of the molecule is CSc1ccc(CN(C)C(=O)CN2C(=O)[C@H]3CC=CC[C@H]3C2=O)cc1. The molecule has 1 fully saturated rings. The fourth-order valence-corrected chi connectivity index (χ4v) is 3.78. The van der Waals surface area contributed by atoms with Gasteiger partial charge < -0.3 is 4.90 Å². The Kier molecular flexibility index (Phi) is 5.27. The van der Waals surface area contributed by atoms with Crippen molar-refractivity contribution in [2.75, 3.05) is 19.8 Å². The predicted octanol–water partition coefficient (Wildman–Crippen LogP) is 2.32. The largest absolute Gasteiger partial charge is 0.340 e. The third-order valence-corrected chi connectivity index (χ3v) is 5.64. The lowest BCUT2D eigenvalue weighted by atomic mass is 9.85. The standard InChI is InChI=1S/C19H22N2O3S/c1-20(11-13-7-9-14(25-2)10-8-13)17(22)12-21-18(23)15-5-3-4-6-16(15)19(21)24/h3-4,7-10,15-16H,5-6,11-12H2,1-2H3/t15-,16+. The van der Waals surface area contributed by atoms with Gasteiger partial charge in [-0.2, -0.15) is 0 Å². The van der Waals surface area contributed by atoms with Crippen LogP contribution in [0.4, 0.5) is 0 Å². The summed E-state index contributed by atoms with van der Waals surface area (Å²) in [6.07, 6.45) is 7.10. The van der Waals surface area contributed by atoms with Crippen LogP contribution in [-0.2, 0) is 20.9 Å². The lowest BCUT2D eigenvalue weighted by Crippen LogP contribution is -2.41. The molecule has 1 aromatic rings. The second-order valence-electron chi connectivity index (χ2n) is 6.52. The van der Waals surface area contributed by atoms with Gasteiger partial charge in [0.15, 0.2) is 0 Å². The Balaban J connectivity index is 1.61. The zero-order valence-corrected chi connectivity index (χ0v) is 15.3. The van der Waals surface area contributed by atoms with E-state index in [0.29, 0.717) is 19.4 Å². The summed E-state index contributed by atoms with van der Waals surface area (Å²) in [6.45, 7) is 0.294. The maximum Gasteiger partial charge on any atom is 0.242 e. The summed E-state index contributed by atoms with van der Waals surface area (Å²) in [5.41, 5.74) is 1.02. The number of carbonyl (C=O) groups is 3.